The van der Waals surface area contributed by atoms with E-state index >= 15 is 0 Å². The van der Waals surface area contributed by atoms with Crippen LogP contribution in [0, 0.1) is 12.8 Å². The van der Waals surface area contributed by atoms with Gasteiger partial charge in [0.25, 0.3) is 5.91 Å². The molecule has 184 valence electrons. The maximum Gasteiger partial charge on any atom is 0.338 e. The number of carbonyl (C=O) groups excluding carboxylic acids is 3. The molecule has 3 atom stereocenters. The van der Waals surface area contributed by atoms with Gasteiger partial charge in [-0.1, -0.05) is 47.6 Å². The second-order valence-corrected chi connectivity index (χ2v) is 10.6. The number of carbonyl (C=O) groups is 3. The highest BCUT2D eigenvalue weighted by atomic mass is 32.1. The average molecular weight is 503 g/mol. The molecule has 0 saturated heterocycles. The maximum atomic E-state index is 13.8. The number of aryl methyl sites for hydroxylation is 1. The summed E-state index contributed by atoms with van der Waals surface area (Å²) in [6.45, 7) is 4.06. The van der Waals surface area contributed by atoms with E-state index in [-0.39, 0.29) is 29.5 Å². The number of hydrogen-bond donors (Lipinski definition) is 0. The van der Waals surface area contributed by atoms with Gasteiger partial charge >= 0.3 is 5.97 Å². The Hall–Kier alpha value is -3.52. The van der Waals surface area contributed by atoms with Crippen LogP contribution in [0.1, 0.15) is 60.1 Å². The van der Waals surface area contributed by atoms with Crippen molar-refractivity contribution in [3.05, 3.63) is 70.5 Å². The number of ketones is 1. The predicted octanol–water partition coefficient (Wildman–Crippen LogP) is 5.28. The molecule has 7 nitrogen and oxygen atoms in total. The predicted molar refractivity (Wildman–Crippen MR) is 136 cm³/mol. The van der Waals surface area contributed by atoms with Crippen LogP contribution in [0.2, 0.25) is 0 Å². The highest BCUT2D eigenvalue weighted by molar-refractivity contribution is 7.22. The molecule has 2 aromatic carbocycles. The summed E-state index contributed by atoms with van der Waals surface area (Å²) in [4.78, 5) is 46.2. The van der Waals surface area contributed by atoms with Crippen molar-refractivity contribution in [2.75, 3.05) is 11.5 Å². The fourth-order valence-corrected chi connectivity index (χ4v) is 6.49. The van der Waals surface area contributed by atoms with Crippen LogP contribution in [0.5, 0.6) is 0 Å². The molecule has 0 radical (unpaired) electrons. The number of rotatable bonds is 4. The van der Waals surface area contributed by atoms with Gasteiger partial charge in [-0.2, -0.15) is 0 Å². The van der Waals surface area contributed by atoms with E-state index in [4.69, 9.17) is 14.5 Å². The lowest BCUT2D eigenvalue weighted by Crippen LogP contribution is -2.39. The molecule has 0 bridgehead atoms. The van der Waals surface area contributed by atoms with E-state index < -0.39 is 12.0 Å². The average Bonchev–Trinajstić information content (AvgIpc) is 3.43. The van der Waals surface area contributed by atoms with Gasteiger partial charge in [0.1, 0.15) is 6.10 Å². The van der Waals surface area contributed by atoms with Gasteiger partial charge in [0.15, 0.2) is 16.7 Å². The molecule has 6 rings (SSSR count). The Balaban J connectivity index is 1.46. The summed E-state index contributed by atoms with van der Waals surface area (Å²) in [7, 11) is 0. The number of esters is 1. The number of benzene rings is 2. The molecule has 3 aliphatic rings. The summed E-state index contributed by atoms with van der Waals surface area (Å²) >= 11 is 1.31. The van der Waals surface area contributed by atoms with Crippen LogP contribution in [0.3, 0.4) is 0 Å². The van der Waals surface area contributed by atoms with Crippen LogP contribution in [-0.4, -0.2) is 35.4 Å². The molecule has 36 heavy (non-hydrogen) atoms. The molecule has 1 fully saturated rings. The molecule has 1 amide bonds. The second-order valence-electron chi connectivity index (χ2n) is 9.54. The third-order valence-electron chi connectivity index (χ3n) is 7.25. The minimum atomic E-state index is -0.603. The standard InChI is InChI=1S/C28H26N2O5S/c1-3-34-27(33)17-12-13-19-21(14-17)36-28(29-19)30-23(16-10-8-15(2)9-11-16)22-24(31)18-6-4-5-7-20(18)35-25(22)26(30)32/h8-14,18,20,23H,3-7H2,1-2H3. The van der Waals surface area contributed by atoms with E-state index in [0.29, 0.717) is 28.4 Å². The van der Waals surface area contributed by atoms with Gasteiger partial charge in [0.2, 0.25) is 0 Å². The first-order chi connectivity index (χ1) is 17.5. The van der Waals surface area contributed by atoms with Crippen molar-refractivity contribution in [2.45, 2.75) is 51.7 Å². The molecule has 8 heteroatoms. The molecular weight excluding hydrogens is 476 g/mol. The Morgan fingerprint density at radius 2 is 1.92 bits per heavy atom. The highest BCUT2D eigenvalue weighted by Crippen LogP contribution is 2.49. The van der Waals surface area contributed by atoms with Crippen LogP contribution in [0.4, 0.5) is 5.13 Å². The fraction of sp³-hybridized carbons (Fsp3) is 0.357. The van der Waals surface area contributed by atoms with Crippen molar-refractivity contribution in [3.63, 3.8) is 0 Å². The number of aromatic nitrogens is 1. The SMILES string of the molecule is CCOC(=O)c1ccc2nc(N3C(=O)C4=C(C(=O)C5CCCCC5O4)C3c3ccc(C)cc3)sc2c1. The summed E-state index contributed by atoms with van der Waals surface area (Å²) in [5.41, 5.74) is 3.48. The minimum Gasteiger partial charge on any atom is -0.483 e. The normalized spacial score (nSPS) is 23.5. The van der Waals surface area contributed by atoms with Crippen molar-refractivity contribution >= 4 is 44.3 Å². The van der Waals surface area contributed by atoms with Gasteiger partial charge in [-0.25, -0.2) is 9.78 Å². The molecular formula is C28H26N2O5S. The van der Waals surface area contributed by atoms with E-state index in [9.17, 15) is 14.4 Å². The van der Waals surface area contributed by atoms with Gasteiger partial charge < -0.3 is 9.47 Å². The van der Waals surface area contributed by atoms with Crippen molar-refractivity contribution < 1.29 is 23.9 Å². The number of fused-ring (bicyclic) bond motifs is 2. The van der Waals surface area contributed by atoms with Gasteiger partial charge in [0.05, 0.1) is 39.9 Å². The molecule has 1 saturated carbocycles. The fourth-order valence-electron chi connectivity index (χ4n) is 5.46. The first kappa shape index (κ1) is 22.9. The lowest BCUT2D eigenvalue weighted by atomic mass is 9.77. The van der Waals surface area contributed by atoms with Gasteiger partial charge in [-0.05, 0) is 56.9 Å². The third kappa shape index (κ3) is 3.63. The smallest absolute Gasteiger partial charge is 0.338 e. The van der Waals surface area contributed by atoms with Crippen LogP contribution in [-0.2, 0) is 19.1 Å². The molecule has 2 aliphatic heterocycles. The van der Waals surface area contributed by atoms with E-state index in [2.05, 4.69) is 0 Å². The van der Waals surface area contributed by atoms with Gasteiger partial charge in [-0.15, -0.1) is 0 Å². The Bertz CT molecular complexity index is 1420. The molecule has 3 heterocycles. The number of anilines is 1. The van der Waals surface area contributed by atoms with Crippen molar-refractivity contribution in [2.24, 2.45) is 5.92 Å². The van der Waals surface area contributed by atoms with Crippen LogP contribution >= 0.6 is 11.3 Å². The monoisotopic (exact) mass is 502 g/mol. The summed E-state index contributed by atoms with van der Waals surface area (Å²) < 4.78 is 12.1. The number of nitrogens with zero attached hydrogens (tertiary/aromatic N) is 2. The van der Waals surface area contributed by atoms with Crippen LogP contribution in [0.25, 0.3) is 10.2 Å². The number of thiazole rings is 1. The second kappa shape index (κ2) is 8.85. The van der Waals surface area contributed by atoms with Crippen LogP contribution < -0.4 is 4.90 Å². The lowest BCUT2D eigenvalue weighted by Gasteiger charge is -2.35. The van der Waals surface area contributed by atoms with Crippen molar-refractivity contribution in [1.82, 2.24) is 4.98 Å². The number of amides is 1. The van der Waals surface area contributed by atoms with Crippen molar-refractivity contribution in [1.29, 1.82) is 0 Å². The molecule has 1 aromatic heterocycles. The van der Waals surface area contributed by atoms with E-state index in [1.165, 1.54) is 11.3 Å². The summed E-state index contributed by atoms with van der Waals surface area (Å²) in [5, 5.41) is 0.468. The zero-order valence-corrected chi connectivity index (χ0v) is 21.0. The zero-order chi connectivity index (χ0) is 25.0. The maximum absolute atomic E-state index is 13.8. The molecule has 0 spiro atoms. The zero-order valence-electron chi connectivity index (χ0n) is 20.2. The Morgan fingerprint density at radius 1 is 1.14 bits per heavy atom. The van der Waals surface area contributed by atoms with Crippen LogP contribution in [0.15, 0.2) is 53.8 Å². The first-order valence-electron chi connectivity index (χ1n) is 12.4. The molecule has 0 N–H and O–H groups in total. The van der Waals surface area contributed by atoms with E-state index in [1.54, 1.807) is 30.0 Å². The summed E-state index contributed by atoms with van der Waals surface area (Å²) in [6, 6.07) is 12.5. The number of hydrogen-bond acceptors (Lipinski definition) is 7. The molecule has 1 aliphatic carbocycles. The number of ether oxygens (including phenoxy) is 2. The topological polar surface area (TPSA) is 85.8 Å². The molecule has 3 aromatic rings. The van der Waals surface area contributed by atoms with Crippen molar-refractivity contribution in [3.8, 4) is 0 Å². The summed E-state index contributed by atoms with van der Waals surface area (Å²) in [6.07, 6.45) is 3.32. The number of Topliss-reactive ketones (excluding diaryl/α,β-unsaturated/α-hetero) is 1. The Labute approximate surface area is 212 Å². The Kier molecular flexibility index (Phi) is 5.63. The minimum absolute atomic E-state index is 0.0214. The van der Waals surface area contributed by atoms with Gasteiger partial charge in [0, 0.05) is 0 Å². The van der Waals surface area contributed by atoms with E-state index in [1.807, 2.05) is 31.2 Å². The van der Waals surface area contributed by atoms with Gasteiger partial charge in [-0.3, -0.25) is 14.5 Å². The molecule has 3 unspecified atom stereocenters. The highest BCUT2D eigenvalue weighted by Gasteiger charge is 2.53. The largest absolute Gasteiger partial charge is 0.483 e. The first-order valence-corrected chi connectivity index (χ1v) is 13.2. The Morgan fingerprint density at radius 3 is 2.69 bits per heavy atom. The third-order valence-corrected chi connectivity index (χ3v) is 8.27. The quantitative estimate of drug-likeness (QED) is 0.451. The lowest BCUT2D eigenvalue weighted by molar-refractivity contribution is -0.131. The van der Waals surface area contributed by atoms with E-state index in [0.717, 1.165) is 41.5 Å². The summed E-state index contributed by atoms with van der Waals surface area (Å²) in [5.74, 6) is -0.755.